The smallest absolute Gasteiger partial charge is 0.113 e. The van der Waals surface area contributed by atoms with Gasteiger partial charge in [-0.05, 0) is 48.2 Å². The topological polar surface area (TPSA) is 90.2 Å². The third-order valence-corrected chi connectivity index (χ3v) is 5.28. The predicted octanol–water partition coefficient (Wildman–Crippen LogP) is 1.82. The van der Waals surface area contributed by atoms with Crippen molar-refractivity contribution in [2.45, 2.75) is 43.9 Å². The number of aliphatic hydroxyl groups excluding tert-OH is 4. The van der Waals surface area contributed by atoms with Crippen molar-refractivity contribution in [2.24, 2.45) is 0 Å². The van der Waals surface area contributed by atoms with Crippen molar-refractivity contribution in [1.29, 1.82) is 0 Å². The van der Waals surface area contributed by atoms with Gasteiger partial charge in [-0.1, -0.05) is 41.8 Å². The van der Waals surface area contributed by atoms with Crippen LogP contribution in [0.1, 0.15) is 35.3 Å². The van der Waals surface area contributed by atoms with Crippen LogP contribution in [0.2, 0.25) is 5.02 Å². The van der Waals surface area contributed by atoms with Crippen molar-refractivity contribution in [2.75, 3.05) is 6.61 Å². The van der Waals surface area contributed by atoms with Crippen LogP contribution in [0.5, 0.6) is 0 Å². The Hall–Kier alpha value is -1.91. The van der Waals surface area contributed by atoms with Crippen molar-refractivity contribution < 1.29 is 25.2 Å². The minimum atomic E-state index is -1.41. The van der Waals surface area contributed by atoms with E-state index in [-0.39, 0.29) is 0 Å². The highest BCUT2D eigenvalue weighted by Gasteiger charge is 2.43. The lowest BCUT2D eigenvalue weighted by Crippen LogP contribution is -2.55. The molecule has 0 unspecified atom stereocenters. The number of hydrogen-bond donors (Lipinski definition) is 4. The number of ether oxygens (including phenoxy) is 1. The molecule has 0 spiro atoms. The van der Waals surface area contributed by atoms with Crippen LogP contribution in [0.4, 0.5) is 0 Å². The summed E-state index contributed by atoms with van der Waals surface area (Å²) < 4.78 is 5.64. The fraction of sp³-hybridized carbons (Fsp3) is 0.364. The molecule has 1 aliphatic rings. The van der Waals surface area contributed by atoms with Crippen molar-refractivity contribution in [3.05, 3.63) is 69.7 Å². The first kappa shape index (κ1) is 20.8. The SMILES string of the molecule is CC#Cc1ccc(Cc2cc([C@@H]3O[C@H](CO)[C@@H](O)[C@H](O)[C@H]3O)ccc2Cl)cc1. The van der Waals surface area contributed by atoms with E-state index in [0.717, 1.165) is 16.7 Å². The summed E-state index contributed by atoms with van der Waals surface area (Å²) in [5, 5.41) is 40.3. The van der Waals surface area contributed by atoms with Crippen LogP contribution in [0.25, 0.3) is 0 Å². The standard InChI is InChI=1S/C22H23ClO5/c1-2-3-13-4-6-14(7-5-13)10-16-11-15(8-9-17(16)23)22-21(27)20(26)19(25)18(12-24)28-22/h4-9,11,18-22,24-27H,10,12H2,1H3/t18-,19-,20+,21-,22+/m1/s1. The number of aliphatic hydroxyl groups is 4. The zero-order chi connectivity index (χ0) is 20.3. The molecule has 6 heteroatoms. The second kappa shape index (κ2) is 9.06. The van der Waals surface area contributed by atoms with Gasteiger partial charge in [0, 0.05) is 10.6 Å². The molecule has 0 bridgehead atoms. The van der Waals surface area contributed by atoms with Gasteiger partial charge in [0.25, 0.3) is 0 Å². The Labute approximate surface area is 169 Å². The maximum Gasteiger partial charge on any atom is 0.113 e. The molecule has 0 radical (unpaired) electrons. The molecule has 0 amide bonds. The highest BCUT2D eigenvalue weighted by molar-refractivity contribution is 6.31. The number of benzene rings is 2. The van der Waals surface area contributed by atoms with Crippen LogP contribution in [0.3, 0.4) is 0 Å². The molecule has 5 nitrogen and oxygen atoms in total. The van der Waals surface area contributed by atoms with E-state index >= 15 is 0 Å². The molecule has 0 saturated carbocycles. The highest BCUT2D eigenvalue weighted by Crippen LogP contribution is 2.34. The van der Waals surface area contributed by atoms with Gasteiger partial charge in [-0.3, -0.25) is 0 Å². The van der Waals surface area contributed by atoms with Crippen molar-refractivity contribution in [3.63, 3.8) is 0 Å². The molecular weight excluding hydrogens is 380 g/mol. The molecule has 28 heavy (non-hydrogen) atoms. The quantitative estimate of drug-likeness (QED) is 0.586. The van der Waals surface area contributed by atoms with E-state index in [1.54, 1.807) is 19.1 Å². The molecule has 4 N–H and O–H groups in total. The normalized spacial score (nSPS) is 27.1. The molecular formula is C22H23ClO5. The summed E-state index contributed by atoms with van der Waals surface area (Å²) in [4.78, 5) is 0. The molecule has 2 aromatic rings. The second-order valence-corrected chi connectivity index (χ2v) is 7.26. The lowest BCUT2D eigenvalue weighted by molar-refractivity contribution is -0.231. The monoisotopic (exact) mass is 402 g/mol. The Kier molecular flexibility index (Phi) is 6.73. The van der Waals surface area contributed by atoms with E-state index in [4.69, 9.17) is 16.3 Å². The van der Waals surface area contributed by atoms with Gasteiger partial charge in [0.15, 0.2) is 0 Å². The van der Waals surface area contributed by atoms with Gasteiger partial charge in [-0.2, -0.15) is 0 Å². The van der Waals surface area contributed by atoms with E-state index in [1.807, 2.05) is 30.3 Å². The van der Waals surface area contributed by atoms with E-state index in [9.17, 15) is 20.4 Å². The Bertz CT molecular complexity index is 869. The fourth-order valence-electron chi connectivity index (χ4n) is 3.35. The molecule has 2 aromatic carbocycles. The van der Waals surface area contributed by atoms with E-state index < -0.39 is 37.1 Å². The van der Waals surface area contributed by atoms with E-state index in [2.05, 4.69) is 11.8 Å². The largest absolute Gasteiger partial charge is 0.394 e. The zero-order valence-electron chi connectivity index (χ0n) is 15.4. The first-order valence-electron chi connectivity index (χ1n) is 9.05. The third-order valence-electron chi connectivity index (χ3n) is 4.91. The minimum Gasteiger partial charge on any atom is -0.394 e. The van der Waals surface area contributed by atoms with Crippen molar-refractivity contribution in [1.82, 2.24) is 0 Å². The van der Waals surface area contributed by atoms with Crippen molar-refractivity contribution >= 4 is 11.6 Å². The minimum absolute atomic E-state index is 0.463. The number of halogens is 1. The summed E-state index contributed by atoms with van der Waals surface area (Å²) in [6, 6.07) is 13.1. The third kappa shape index (κ3) is 4.39. The molecule has 0 aliphatic carbocycles. The van der Waals surface area contributed by atoms with Crippen LogP contribution in [-0.4, -0.2) is 51.4 Å². The molecule has 148 valence electrons. The lowest BCUT2D eigenvalue weighted by atomic mass is 9.90. The molecule has 3 rings (SSSR count). The van der Waals surface area contributed by atoms with Crippen LogP contribution in [-0.2, 0) is 11.2 Å². The molecule has 1 aliphatic heterocycles. The van der Waals surface area contributed by atoms with Crippen LogP contribution >= 0.6 is 11.6 Å². The molecule has 1 fully saturated rings. The summed E-state index contributed by atoms with van der Waals surface area (Å²) >= 11 is 6.36. The summed E-state index contributed by atoms with van der Waals surface area (Å²) in [6.45, 7) is 1.33. The van der Waals surface area contributed by atoms with Gasteiger partial charge in [0.1, 0.15) is 30.5 Å². The summed E-state index contributed by atoms with van der Waals surface area (Å²) in [5.41, 5.74) is 3.44. The van der Waals surface area contributed by atoms with Crippen molar-refractivity contribution in [3.8, 4) is 11.8 Å². The maximum atomic E-state index is 10.3. The Morgan fingerprint density at radius 1 is 1.00 bits per heavy atom. The van der Waals surface area contributed by atoms with Gasteiger partial charge in [-0.15, -0.1) is 5.92 Å². The lowest BCUT2D eigenvalue weighted by Gasteiger charge is -2.40. The number of hydrogen-bond acceptors (Lipinski definition) is 5. The van der Waals surface area contributed by atoms with E-state index in [1.165, 1.54) is 0 Å². The van der Waals surface area contributed by atoms with Gasteiger partial charge in [0.2, 0.25) is 0 Å². The van der Waals surface area contributed by atoms with Gasteiger partial charge >= 0.3 is 0 Å². The maximum absolute atomic E-state index is 10.3. The predicted molar refractivity (Wildman–Crippen MR) is 106 cm³/mol. The van der Waals surface area contributed by atoms with E-state index in [0.29, 0.717) is 17.0 Å². The van der Waals surface area contributed by atoms with Crippen LogP contribution in [0.15, 0.2) is 42.5 Å². The second-order valence-electron chi connectivity index (χ2n) is 6.85. The summed E-state index contributed by atoms with van der Waals surface area (Å²) in [6.07, 6.45) is -5.37. The Morgan fingerprint density at radius 2 is 1.71 bits per heavy atom. The molecule has 0 aromatic heterocycles. The summed E-state index contributed by atoms with van der Waals surface area (Å²) in [5.74, 6) is 5.86. The Balaban J connectivity index is 1.85. The van der Waals surface area contributed by atoms with Gasteiger partial charge in [-0.25, -0.2) is 0 Å². The van der Waals surface area contributed by atoms with Gasteiger partial charge < -0.3 is 25.2 Å². The van der Waals surface area contributed by atoms with Gasteiger partial charge in [0.05, 0.1) is 6.61 Å². The average molecular weight is 403 g/mol. The molecule has 1 saturated heterocycles. The average Bonchev–Trinajstić information content (AvgIpc) is 2.70. The van der Waals surface area contributed by atoms with Crippen LogP contribution in [0, 0.1) is 11.8 Å². The first-order chi connectivity index (χ1) is 13.4. The fourth-order valence-corrected chi connectivity index (χ4v) is 3.54. The number of rotatable bonds is 4. The molecule has 1 heterocycles. The van der Waals surface area contributed by atoms with Crippen LogP contribution < -0.4 is 0 Å². The Morgan fingerprint density at radius 3 is 2.36 bits per heavy atom. The molecule has 5 atom stereocenters. The highest BCUT2D eigenvalue weighted by atomic mass is 35.5. The summed E-state index contributed by atoms with van der Waals surface area (Å²) in [7, 11) is 0. The first-order valence-corrected chi connectivity index (χ1v) is 9.43. The zero-order valence-corrected chi connectivity index (χ0v) is 16.2.